The van der Waals surface area contributed by atoms with E-state index in [-0.39, 0.29) is 5.69 Å². The Morgan fingerprint density at radius 3 is 2.68 bits per heavy atom. The van der Waals surface area contributed by atoms with Crippen LogP contribution in [0.3, 0.4) is 0 Å². The largest absolute Gasteiger partial charge is 0.464 e. The van der Waals surface area contributed by atoms with Gasteiger partial charge in [-0.05, 0) is 19.1 Å². The molecule has 2 rings (SSSR count). The van der Waals surface area contributed by atoms with E-state index in [1.165, 1.54) is 7.11 Å². The van der Waals surface area contributed by atoms with Gasteiger partial charge in [-0.3, -0.25) is 9.97 Å². The number of hydrogen-bond acceptors (Lipinski definition) is 7. The highest BCUT2D eigenvalue weighted by Gasteiger charge is 2.07. The first-order valence-electron chi connectivity index (χ1n) is 5.62. The Balaban J connectivity index is 1.96. The van der Waals surface area contributed by atoms with Gasteiger partial charge in [0.1, 0.15) is 5.82 Å². The maximum Gasteiger partial charge on any atom is 0.358 e. The molecule has 0 unspecified atom stereocenters. The van der Waals surface area contributed by atoms with E-state index in [1.807, 2.05) is 6.92 Å². The smallest absolute Gasteiger partial charge is 0.358 e. The predicted molar refractivity (Wildman–Crippen MR) is 67.5 cm³/mol. The Labute approximate surface area is 110 Å². The number of hydrogen-bond donors (Lipinski definition) is 1. The lowest BCUT2D eigenvalue weighted by atomic mass is 10.3. The van der Waals surface area contributed by atoms with Gasteiger partial charge in [0.15, 0.2) is 5.69 Å². The van der Waals surface area contributed by atoms with Gasteiger partial charge in [0, 0.05) is 6.20 Å². The predicted octanol–water partition coefficient (Wildman–Crippen LogP) is 0.974. The van der Waals surface area contributed by atoms with Gasteiger partial charge < -0.3 is 10.1 Å². The fourth-order valence-corrected chi connectivity index (χ4v) is 1.33. The highest BCUT2D eigenvalue weighted by Crippen LogP contribution is 2.05. The van der Waals surface area contributed by atoms with Gasteiger partial charge in [-0.2, -0.15) is 0 Å². The van der Waals surface area contributed by atoms with Crippen LogP contribution < -0.4 is 5.32 Å². The lowest BCUT2D eigenvalue weighted by Gasteiger charge is -2.04. The number of carbonyl (C=O) groups is 1. The summed E-state index contributed by atoms with van der Waals surface area (Å²) in [5.74, 6) is 0.0403. The quantitative estimate of drug-likeness (QED) is 0.818. The number of nitrogens with zero attached hydrogens (tertiary/aromatic N) is 4. The zero-order chi connectivity index (χ0) is 13.7. The minimum absolute atomic E-state index is 0.170. The van der Waals surface area contributed by atoms with Crippen molar-refractivity contribution in [2.45, 2.75) is 13.5 Å². The van der Waals surface area contributed by atoms with Crippen LogP contribution in [0.2, 0.25) is 0 Å². The van der Waals surface area contributed by atoms with Crippen molar-refractivity contribution < 1.29 is 9.53 Å². The third kappa shape index (κ3) is 3.44. The van der Waals surface area contributed by atoms with Gasteiger partial charge in [0.2, 0.25) is 0 Å². The number of aromatic nitrogens is 4. The van der Waals surface area contributed by atoms with Crippen LogP contribution in [0.15, 0.2) is 24.5 Å². The molecular formula is C12H13N5O2. The Bertz CT molecular complexity index is 553. The normalized spacial score (nSPS) is 10.0. The molecule has 7 heteroatoms. The monoisotopic (exact) mass is 259 g/mol. The Morgan fingerprint density at radius 2 is 2.11 bits per heavy atom. The molecule has 0 atom stereocenters. The summed E-state index contributed by atoms with van der Waals surface area (Å²) in [6.07, 6.45) is 3.39. The zero-order valence-corrected chi connectivity index (χ0v) is 10.6. The van der Waals surface area contributed by atoms with E-state index in [0.717, 1.165) is 11.4 Å². The molecular weight excluding hydrogens is 246 g/mol. The summed E-state index contributed by atoms with van der Waals surface area (Å²) in [7, 11) is 1.30. The molecule has 2 aromatic rings. The molecule has 7 nitrogen and oxygen atoms in total. The van der Waals surface area contributed by atoms with Crippen LogP contribution in [0.25, 0.3) is 0 Å². The lowest BCUT2D eigenvalue weighted by Crippen LogP contribution is -2.08. The first-order valence-corrected chi connectivity index (χ1v) is 5.62. The molecule has 0 aromatic carbocycles. The fourth-order valence-electron chi connectivity index (χ4n) is 1.33. The minimum Gasteiger partial charge on any atom is -0.464 e. The summed E-state index contributed by atoms with van der Waals surface area (Å²) in [5.41, 5.74) is 1.83. The lowest BCUT2D eigenvalue weighted by molar-refractivity contribution is 0.0593. The van der Waals surface area contributed by atoms with Crippen LogP contribution in [-0.2, 0) is 11.3 Å². The van der Waals surface area contributed by atoms with E-state index >= 15 is 0 Å². The number of ether oxygens (including phenoxy) is 1. The molecule has 0 amide bonds. The van der Waals surface area contributed by atoms with Crippen molar-refractivity contribution in [3.05, 3.63) is 41.6 Å². The van der Waals surface area contributed by atoms with Crippen molar-refractivity contribution in [2.24, 2.45) is 0 Å². The first kappa shape index (κ1) is 12.9. The number of rotatable bonds is 4. The third-order valence-corrected chi connectivity index (χ3v) is 2.34. The fraction of sp³-hybridized carbons (Fsp3) is 0.250. The zero-order valence-electron chi connectivity index (χ0n) is 10.6. The van der Waals surface area contributed by atoms with E-state index in [1.54, 1.807) is 24.5 Å². The van der Waals surface area contributed by atoms with Crippen LogP contribution in [0.1, 0.15) is 21.9 Å². The average molecular weight is 259 g/mol. The SMILES string of the molecule is COC(=O)c1ccc(NCc2cnc(C)cn2)nn1. The van der Waals surface area contributed by atoms with Crippen LogP contribution in [0.4, 0.5) is 5.82 Å². The highest BCUT2D eigenvalue weighted by atomic mass is 16.5. The Kier molecular flexibility index (Phi) is 3.97. The number of carbonyl (C=O) groups excluding carboxylic acids is 1. The van der Waals surface area contributed by atoms with Crippen molar-refractivity contribution in [1.29, 1.82) is 0 Å². The van der Waals surface area contributed by atoms with E-state index < -0.39 is 5.97 Å². The van der Waals surface area contributed by atoms with Crippen molar-refractivity contribution in [2.75, 3.05) is 12.4 Å². The first-order chi connectivity index (χ1) is 9.19. The summed E-state index contributed by atoms with van der Waals surface area (Å²) < 4.78 is 4.54. The molecule has 0 saturated heterocycles. The molecule has 0 aliphatic heterocycles. The summed E-state index contributed by atoms with van der Waals surface area (Å²) in [4.78, 5) is 19.5. The Morgan fingerprint density at radius 1 is 1.26 bits per heavy atom. The average Bonchev–Trinajstić information content (AvgIpc) is 2.46. The topological polar surface area (TPSA) is 89.9 Å². The van der Waals surface area contributed by atoms with Gasteiger partial charge in [-0.1, -0.05) is 0 Å². The molecule has 2 aromatic heterocycles. The number of methoxy groups -OCH3 is 1. The molecule has 98 valence electrons. The third-order valence-electron chi connectivity index (χ3n) is 2.34. The van der Waals surface area contributed by atoms with Crippen LogP contribution >= 0.6 is 0 Å². The molecule has 0 aliphatic rings. The van der Waals surface area contributed by atoms with Crippen molar-refractivity contribution >= 4 is 11.8 Å². The minimum atomic E-state index is -0.511. The van der Waals surface area contributed by atoms with Gasteiger partial charge in [-0.25, -0.2) is 4.79 Å². The van der Waals surface area contributed by atoms with E-state index in [2.05, 4.69) is 30.2 Å². The van der Waals surface area contributed by atoms with Gasteiger partial charge in [0.25, 0.3) is 0 Å². The van der Waals surface area contributed by atoms with Crippen molar-refractivity contribution in [3.63, 3.8) is 0 Å². The van der Waals surface area contributed by atoms with Gasteiger partial charge in [-0.15, -0.1) is 10.2 Å². The molecule has 0 spiro atoms. The highest BCUT2D eigenvalue weighted by molar-refractivity contribution is 5.86. The molecule has 0 bridgehead atoms. The van der Waals surface area contributed by atoms with Crippen molar-refractivity contribution in [3.8, 4) is 0 Å². The van der Waals surface area contributed by atoms with Crippen LogP contribution in [-0.4, -0.2) is 33.2 Å². The molecule has 0 saturated carbocycles. The number of esters is 1. The number of aryl methyl sites for hydroxylation is 1. The summed E-state index contributed by atoms with van der Waals surface area (Å²) in [5, 5.41) is 10.7. The standard InChI is InChI=1S/C12H13N5O2/c1-8-5-14-9(6-13-8)7-15-11-4-3-10(16-17-11)12(18)19-2/h3-6H,7H2,1-2H3,(H,15,17). The van der Waals surface area contributed by atoms with E-state index in [0.29, 0.717) is 12.4 Å². The molecule has 0 aliphatic carbocycles. The van der Waals surface area contributed by atoms with Crippen LogP contribution in [0.5, 0.6) is 0 Å². The van der Waals surface area contributed by atoms with Gasteiger partial charge >= 0.3 is 5.97 Å². The number of nitrogens with one attached hydrogen (secondary N) is 1. The summed E-state index contributed by atoms with van der Waals surface area (Å²) >= 11 is 0. The summed E-state index contributed by atoms with van der Waals surface area (Å²) in [6.45, 7) is 2.36. The van der Waals surface area contributed by atoms with E-state index in [4.69, 9.17) is 0 Å². The van der Waals surface area contributed by atoms with Crippen LogP contribution in [0, 0.1) is 6.92 Å². The maximum absolute atomic E-state index is 11.2. The Hall–Kier alpha value is -2.57. The second-order valence-corrected chi connectivity index (χ2v) is 3.80. The second kappa shape index (κ2) is 5.85. The molecule has 2 heterocycles. The number of anilines is 1. The molecule has 0 radical (unpaired) electrons. The summed E-state index contributed by atoms with van der Waals surface area (Å²) in [6, 6.07) is 3.20. The van der Waals surface area contributed by atoms with Crippen molar-refractivity contribution in [1.82, 2.24) is 20.2 Å². The maximum atomic E-state index is 11.2. The second-order valence-electron chi connectivity index (χ2n) is 3.80. The molecule has 1 N–H and O–H groups in total. The van der Waals surface area contributed by atoms with Gasteiger partial charge in [0.05, 0.1) is 31.2 Å². The molecule has 19 heavy (non-hydrogen) atoms. The van der Waals surface area contributed by atoms with E-state index in [9.17, 15) is 4.79 Å². The molecule has 0 fully saturated rings.